The molecule has 1 saturated heterocycles. The lowest BCUT2D eigenvalue weighted by atomic mass is 9.87. The predicted octanol–water partition coefficient (Wildman–Crippen LogP) is 2.09. The Balaban J connectivity index is 1.59. The Bertz CT molecular complexity index is 847. The van der Waals surface area contributed by atoms with E-state index < -0.39 is 0 Å². The maximum Gasteiger partial charge on any atom is 0.283 e. The number of hydrogen-bond donors (Lipinski definition) is 1. The number of ether oxygens (including phenoxy) is 1. The van der Waals surface area contributed by atoms with Gasteiger partial charge in [-0.25, -0.2) is 15.0 Å². The standard InChI is InChI=1S/C20H23N5O/c21-19-24-20(12-26-19)17-8-14(16-10-22-13-23-11-16)4-5-15(17)9-18(20)25-6-2-1-3-7-25/h4-5,8,10-11,13,18H,1-3,6-7,9,12H2,(H2,21,24). The molecular weight excluding hydrogens is 326 g/mol. The molecular formula is C20H23N5O. The monoisotopic (exact) mass is 349 g/mol. The third-order valence-corrected chi connectivity index (χ3v) is 6.02. The molecule has 0 radical (unpaired) electrons. The zero-order valence-electron chi connectivity index (χ0n) is 14.8. The molecule has 2 aliphatic heterocycles. The van der Waals surface area contributed by atoms with Gasteiger partial charge in [-0.3, -0.25) is 4.90 Å². The summed E-state index contributed by atoms with van der Waals surface area (Å²) in [6.45, 7) is 2.80. The quantitative estimate of drug-likeness (QED) is 0.898. The third-order valence-electron chi connectivity index (χ3n) is 6.02. The molecule has 26 heavy (non-hydrogen) atoms. The Labute approximate surface area is 153 Å². The minimum Gasteiger partial charge on any atom is -0.462 e. The van der Waals surface area contributed by atoms with Crippen LogP contribution in [-0.4, -0.2) is 46.6 Å². The molecule has 1 fully saturated rings. The maximum atomic E-state index is 5.98. The van der Waals surface area contributed by atoms with Crippen molar-refractivity contribution in [1.82, 2.24) is 14.9 Å². The minimum atomic E-state index is -0.387. The zero-order valence-corrected chi connectivity index (χ0v) is 14.8. The number of likely N-dealkylation sites (tertiary alicyclic amines) is 1. The normalized spacial score (nSPS) is 28.0. The largest absolute Gasteiger partial charge is 0.462 e. The molecule has 1 aliphatic carbocycles. The van der Waals surface area contributed by atoms with Gasteiger partial charge in [0.25, 0.3) is 6.02 Å². The van der Waals surface area contributed by atoms with E-state index in [0.29, 0.717) is 18.7 Å². The number of nitrogens with zero attached hydrogens (tertiary/aromatic N) is 4. The van der Waals surface area contributed by atoms with Crippen LogP contribution in [0.3, 0.4) is 0 Å². The molecule has 3 aliphatic rings. The molecule has 0 bridgehead atoms. The number of fused-ring (bicyclic) bond motifs is 2. The highest BCUT2D eigenvalue weighted by molar-refractivity contribution is 5.75. The van der Waals surface area contributed by atoms with Gasteiger partial charge in [-0.1, -0.05) is 18.6 Å². The summed E-state index contributed by atoms with van der Waals surface area (Å²) < 4.78 is 5.69. The van der Waals surface area contributed by atoms with Crippen LogP contribution in [-0.2, 0) is 16.7 Å². The van der Waals surface area contributed by atoms with Crippen molar-refractivity contribution in [2.24, 2.45) is 10.7 Å². The van der Waals surface area contributed by atoms with Crippen LogP contribution in [0.2, 0.25) is 0 Å². The van der Waals surface area contributed by atoms with Gasteiger partial charge in [-0.05, 0) is 55.1 Å². The number of amidine groups is 1. The fourth-order valence-electron chi connectivity index (χ4n) is 4.76. The fraction of sp³-hybridized carbons (Fsp3) is 0.450. The average molecular weight is 349 g/mol. The molecule has 1 aromatic carbocycles. The molecule has 1 aromatic heterocycles. The van der Waals surface area contributed by atoms with E-state index in [0.717, 1.165) is 30.6 Å². The Morgan fingerprint density at radius 3 is 2.62 bits per heavy atom. The summed E-state index contributed by atoms with van der Waals surface area (Å²) in [5.41, 5.74) is 10.3. The topological polar surface area (TPSA) is 76.6 Å². The second kappa shape index (κ2) is 6.06. The van der Waals surface area contributed by atoms with Gasteiger partial charge in [0, 0.05) is 24.0 Å². The van der Waals surface area contributed by atoms with Crippen LogP contribution in [0.5, 0.6) is 0 Å². The van der Waals surface area contributed by atoms with Crippen molar-refractivity contribution in [3.63, 3.8) is 0 Å². The first-order chi connectivity index (χ1) is 12.8. The molecule has 0 saturated carbocycles. The van der Waals surface area contributed by atoms with Crippen LogP contribution in [0.1, 0.15) is 30.4 Å². The molecule has 5 rings (SSSR count). The highest BCUT2D eigenvalue weighted by Crippen LogP contribution is 2.47. The molecule has 6 nitrogen and oxygen atoms in total. The lowest BCUT2D eigenvalue weighted by molar-refractivity contribution is 0.0912. The number of piperidine rings is 1. The summed E-state index contributed by atoms with van der Waals surface area (Å²) in [6, 6.07) is 7.26. The van der Waals surface area contributed by atoms with Gasteiger partial charge in [0.15, 0.2) is 0 Å². The average Bonchev–Trinajstić information content (AvgIpc) is 3.24. The van der Waals surface area contributed by atoms with E-state index in [9.17, 15) is 0 Å². The Kier molecular flexibility index (Phi) is 3.67. The van der Waals surface area contributed by atoms with Crippen LogP contribution in [0.4, 0.5) is 0 Å². The number of rotatable bonds is 2. The Morgan fingerprint density at radius 2 is 1.88 bits per heavy atom. The van der Waals surface area contributed by atoms with Gasteiger partial charge < -0.3 is 10.5 Å². The Morgan fingerprint density at radius 1 is 1.08 bits per heavy atom. The highest BCUT2D eigenvalue weighted by atomic mass is 16.5. The molecule has 3 heterocycles. The van der Waals surface area contributed by atoms with Gasteiger partial charge in [0.1, 0.15) is 18.5 Å². The lowest BCUT2D eigenvalue weighted by Gasteiger charge is -2.39. The molecule has 1 spiro atoms. The first-order valence-electron chi connectivity index (χ1n) is 9.37. The van der Waals surface area contributed by atoms with Crippen molar-refractivity contribution >= 4 is 6.02 Å². The molecule has 2 N–H and O–H groups in total. The number of nitrogens with two attached hydrogens (primary N) is 1. The van der Waals surface area contributed by atoms with E-state index >= 15 is 0 Å². The van der Waals surface area contributed by atoms with Crippen LogP contribution in [0, 0.1) is 0 Å². The first-order valence-corrected chi connectivity index (χ1v) is 9.37. The van der Waals surface area contributed by atoms with Crippen LogP contribution < -0.4 is 5.73 Å². The molecule has 6 heteroatoms. The molecule has 0 amide bonds. The van der Waals surface area contributed by atoms with E-state index in [2.05, 4.69) is 33.1 Å². The summed E-state index contributed by atoms with van der Waals surface area (Å²) in [6.07, 6.45) is 10.1. The van der Waals surface area contributed by atoms with Crippen molar-refractivity contribution in [3.8, 4) is 11.1 Å². The first kappa shape index (κ1) is 15.8. The smallest absolute Gasteiger partial charge is 0.283 e. The van der Waals surface area contributed by atoms with E-state index in [-0.39, 0.29) is 5.54 Å². The van der Waals surface area contributed by atoms with Crippen molar-refractivity contribution in [2.45, 2.75) is 37.3 Å². The van der Waals surface area contributed by atoms with Gasteiger partial charge in [-0.2, -0.15) is 0 Å². The maximum absolute atomic E-state index is 5.98. The van der Waals surface area contributed by atoms with E-state index in [1.54, 1.807) is 6.33 Å². The fourth-order valence-corrected chi connectivity index (χ4v) is 4.76. The van der Waals surface area contributed by atoms with E-state index in [4.69, 9.17) is 15.5 Å². The summed E-state index contributed by atoms with van der Waals surface area (Å²) >= 11 is 0. The van der Waals surface area contributed by atoms with Crippen LogP contribution >= 0.6 is 0 Å². The number of benzene rings is 1. The molecule has 134 valence electrons. The van der Waals surface area contributed by atoms with Gasteiger partial charge in [0.2, 0.25) is 0 Å². The predicted molar refractivity (Wildman–Crippen MR) is 99.6 cm³/mol. The SMILES string of the molecule is NC1=NC2(CO1)c1cc(-c3cncnc3)ccc1CC2N1CCCCC1. The number of hydrogen-bond acceptors (Lipinski definition) is 6. The van der Waals surface area contributed by atoms with Crippen LogP contribution in [0.25, 0.3) is 11.1 Å². The van der Waals surface area contributed by atoms with Crippen molar-refractivity contribution < 1.29 is 4.74 Å². The van der Waals surface area contributed by atoms with Gasteiger partial charge in [0.05, 0.1) is 0 Å². The second-order valence-corrected chi connectivity index (χ2v) is 7.48. The Hall–Kier alpha value is -2.47. The zero-order chi connectivity index (χ0) is 17.6. The molecule has 2 atom stereocenters. The van der Waals surface area contributed by atoms with Crippen molar-refractivity contribution in [2.75, 3.05) is 19.7 Å². The van der Waals surface area contributed by atoms with Crippen molar-refractivity contribution in [3.05, 3.63) is 48.0 Å². The summed E-state index contributed by atoms with van der Waals surface area (Å²) in [7, 11) is 0. The van der Waals surface area contributed by atoms with Crippen molar-refractivity contribution in [1.29, 1.82) is 0 Å². The number of aromatic nitrogens is 2. The summed E-state index contributed by atoms with van der Waals surface area (Å²) in [4.78, 5) is 15.8. The molecule has 2 aromatic rings. The second-order valence-electron chi connectivity index (χ2n) is 7.48. The molecule has 2 unspecified atom stereocenters. The highest BCUT2D eigenvalue weighted by Gasteiger charge is 2.53. The van der Waals surface area contributed by atoms with Gasteiger partial charge in [-0.15, -0.1) is 0 Å². The summed E-state index contributed by atoms with van der Waals surface area (Å²) in [5.74, 6) is 0. The summed E-state index contributed by atoms with van der Waals surface area (Å²) in [5, 5.41) is 0. The van der Waals surface area contributed by atoms with Gasteiger partial charge >= 0.3 is 0 Å². The van der Waals surface area contributed by atoms with E-state index in [1.807, 2.05) is 12.4 Å². The third kappa shape index (κ3) is 2.40. The minimum absolute atomic E-state index is 0.313. The van der Waals surface area contributed by atoms with E-state index in [1.165, 1.54) is 30.4 Å². The van der Waals surface area contributed by atoms with Crippen LogP contribution in [0.15, 0.2) is 41.9 Å². The number of aliphatic imine (C=N–C) groups is 1. The lowest BCUT2D eigenvalue weighted by Crippen LogP contribution is -2.50.